The molecule has 148 valence electrons. The van der Waals surface area contributed by atoms with Gasteiger partial charge in [0.15, 0.2) is 23.2 Å². The van der Waals surface area contributed by atoms with E-state index in [-0.39, 0.29) is 17.7 Å². The van der Waals surface area contributed by atoms with Gasteiger partial charge in [-0.15, -0.1) is 0 Å². The zero-order chi connectivity index (χ0) is 20.4. The summed E-state index contributed by atoms with van der Waals surface area (Å²) in [5, 5.41) is 5.52. The first-order chi connectivity index (χ1) is 13.5. The number of rotatable bonds is 8. The van der Waals surface area contributed by atoms with Crippen LogP contribution >= 0.6 is 12.2 Å². The van der Waals surface area contributed by atoms with Gasteiger partial charge in [-0.25, -0.2) is 4.79 Å². The number of amides is 1. The van der Waals surface area contributed by atoms with E-state index >= 15 is 0 Å². The molecule has 8 heteroatoms. The molecule has 7 nitrogen and oxygen atoms in total. The maximum absolute atomic E-state index is 12.0. The first-order valence-corrected chi connectivity index (χ1v) is 9.08. The normalized spacial score (nSPS) is 9.93. The summed E-state index contributed by atoms with van der Waals surface area (Å²) in [6.45, 7) is 2.09. The van der Waals surface area contributed by atoms with Gasteiger partial charge in [0.05, 0.1) is 19.3 Å². The van der Waals surface area contributed by atoms with Gasteiger partial charge in [-0.05, 0) is 55.0 Å². The molecule has 2 rings (SSSR count). The van der Waals surface area contributed by atoms with Crippen molar-refractivity contribution in [2.24, 2.45) is 0 Å². The number of carbonyl (C=O) groups excluding carboxylic acids is 2. The standard InChI is InChI=1S/C20H22N2O5S/c1-3-12-26-19(24)14-8-10-15(11-9-14)21-20(28)22-18(23)13-27-17-7-5-4-6-16(17)25-2/h4-11H,3,12-13H2,1-2H3,(H2,21,22,23,28). The maximum Gasteiger partial charge on any atom is 0.338 e. The summed E-state index contributed by atoms with van der Waals surface area (Å²) >= 11 is 5.12. The molecule has 0 spiro atoms. The van der Waals surface area contributed by atoms with Gasteiger partial charge in [-0.1, -0.05) is 19.1 Å². The van der Waals surface area contributed by atoms with Crippen LogP contribution in [-0.2, 0) is 9.53 Å². The number of anilines is 1. The second-order valence-electron chi connectivity index (χ2n) is 5.66. The van der Waals surface area contributed by atoms with Crippen molar-refractivity contribution >= 4 is 34.9 Å². The van der Waals surface area contributed by atoms with E-state index in [0.29, 0.717) is 29.4 Å². The first kappa shape index (κ1) is 21.2. The zero-order valence-electron chi connectivity index (χ0n) is 15.7. The zero-order valence-corrected chi connectivity index (χ0v) is 16.5. The van der Waals surface area contributed by atoms with Crippen LogP contribution in [0.5, 0.6) is 11.5 Å². The fourth-order valence-electron chi connectivity index (χ4n) is 2.17. The van der Waals surface area contributed by atoms with Crippen molar-refractivity contribution in [3.63, 3.8) is 0 Å². The molecule has 2 N–H and O–H groups in total. The second kappa shape index (κ2) is 10.9. The predicted molar refractivity (Wildman–Crippen MR) is 110 cm³/mol. The lowest BCUT2D eigenvalue weighted by molar-refractivity contribution is -0.121. The fourth-order valence-corrected chi connectivity index (χ4v) is 2.41. The minimum Gasteiger partial charge on any atom is -0.493 e. The van der Waals surface area contributed by atoms with Crippen LogP contribution < -0.4 is 20.1 Å². The number of hydrogen-bond acceptors (Lipinski definition) is 6. The lowest BCUT2D eigenvalue weighted by atomic mass is 10.2. The Kier molecular flexibility index (Phi) is 8.23. The average Bonchev–Trinajstić information content (AvgIpc) is 2.71. The van der Waals surface area contributed by atoms with E-state index in [1.54, 1.807) is 48.5 Å². The third-order valence-electron chi connectivity index (χ3n) is 3.50. The topological polar surface area (TPSA) is 85.9 Å². The van der Waals surface area contributed by atoms with Crippen LogP contribution in [-0.4, -0.2) is 37.3 Å². The Morgan fingerprint density at radius 1 is 1.04 bits per heavy atom. The summed E-state index contributed by atoms with van der Waals surface area (Å²) < 4.78 is 15.7. The Labute approximate surface area is 169 Å². The molecular formula is C20H22N2O5S. The number of ether oxygens (including phenoxy) is 3. The van der Waals surface area contributed by atoms with Crippen LogP contribution in [0.1, 0.15) is 23.7 Å². The Morgan fingerprint density at radius 3 is 2.36 bits per heavy atom. The molecule has 0 aromatic heterocycles. The number of hydrogen-bond donors (Lipinski definition) is 2. The molecule has 0 bridgehead atoms. The first-order valence-electron chi connectivity index (χ1n) is 8.67. The summed E-state index contributed by atoms with van der Waals surface area (Å²) in [5.74, 6) is 0.207. The largest absolute Gasteiger partial charge is 0.493 e. The van der Waals surface area contributed by atoms with Crippen LogP contribution in [0, 0.1) is 0 Å². The van der Waals surface area contributed by atoms with Crippen molar-refractivity contribution in [2.75, 3.05) is 25.6 Å². The van der Waals surface area contributed by atoms with Crippen molar-refractivity contribution in [2.45, 2.75) is 13.3 Å². The van der Waals surface area contributed by atoms with Gasteiger partial charge in [-0.2, -0.15) is 0 Å². The van der Waals surface area contributed by atoms with E-state index in [9.17, 15) is 9.59 Å². The van der Waals surface area contributed by atoms with Crippen LogP contribution in [0.4, 0.5) is 5.69 Å². The van der Waals surface area contributed by atoms with Crippen molar-refractivity contribution < 1.29 is 23.8 Å². The van der Waals surface area contributed by atoms with Gasteiger partial charge in [0.1, 0.15) is 0 Å². The minimum absolute atomic E-state index is 0.120. The summed E-state index contributed by atoms with van der Waals surface area (Å²) in [5.41, 5.74) is 1.07. The van der Waals surface area contributed by atoms with Gasteiger partial charge in [0, 0.05) is 5.69 Å². The average molecular weight is 402 g/mol. The highest BCUT2D eigenvalue weighted by atomic mass is 32.1. The number of carbonyl (C=O) groups is 2. The number of esters is 1. The van der Waals surface area contributed by atoms with Gasteiger partial charge < -0.3 is 19.5 Å². The summed E-state index contributed by atoms with van der Waals surface area (Å²) in [6.07, 6.45) is 0.764. The maximum atomic E-state index is 12.0. The summed E-state index contributed by atoms with van der Waals surface area (Å²) in [7, 11) is 1.52. The highest BCUT2D eigenvalue weighted by Crippen LogP contribution is 2.25. The van der Waals surface area contributed by atoms with Crippen molar-refractivity contribution in [3.05, 3.63) is 54.1 Å². The smallest absolute Gasteiger partial charge is 0.338 e. The monoisotopic (exact) mass is 402 g/mol. The van der Waals surface area contributed by atoms with Crippen molar-refractivity contribution in [3.8, 4) is 11.5 Å². The van der Waals surface area contributed by atoms with Crippen molar-refractivity contribution in [1.29, 1.82) is 0 Å². The molecular weight excluding hydrogens is 380 g/mol. The van der Waals surface area contributed by atoms with E-state index in [1.165, 1.54) is 7.11 Å². The minimum atomic E-state index is -0.414. The van der Waals surface area contributed by atoms with E-state index < -0.39 is 5.91 Å². The highest BCUT2D eigenvalue weighted by molar-refractivity contribution is 7.80. The quantitative estimate of drug-likeness (QED) is 0.518. The molecule has 2 aromatic carbocycles. The Hall–Kier alpha value is -3.13. The Balaban J connectivity index is 1.81. The molecule has 0 unspecified atom stereocenters. The molecule has 0 heterocycles. The number of benzene rings is 2. The summed E-state index contributed by atoms with van der Waals surface area (Å²) in [4.78, 5) is 23.8. The van der Waals surface area contributed by atoms with Crippen LogP contribution in [0.2, 0.25) is 0 Å². The molecule has 0 radical (unpaired) electrons. The van der Waals surface area contributed by atoms with Gasteiger partial charge in [0.25, 0.3) is 5.91 Å². The van der Waals surface area contributed by atoms with Gasteiger partial charge in [-0.3, -0.25) is 10.1 Å². The van der Waals surface area contributed by atoms with E-state index in [1.807, 2.05) is 6.92 Å². The summed E-state index contributed by atoms with van der Waals surface area (Å²) in [6, 6.07) is 13.6. The number of methoxy groups -OCH3 is 1. The number of thiocarbonyl (C=S) groups is 1. The third-order valence-corrected chi connectivity index (χ3v) is 3.70. The van der Waals surface area contributed by atoms with Crippen molar-refractivity contribution in [1.82, 2.24) is 5.32 Å². The molecule has 0 saturated carbocycles. The highest BCUT2D eigenvalue weighted by Gasteiger charge is 2.10. The fraction of sp³-hybridized carbons (Fsp3) is 0.250. The van der Waals surface area contributed by atoms with E-state index in [4.69, 9.17) is 26.4 Å². The molecule has 0 aliphatic rings. The molecule has 28 heavy (non-hydrogen) atoms. The van der Waals surface area contributed by atoms with E-state index in [0.717, 1.165) is 6.42 Å². The molecule has 0 atom stereocenters. The lowest BCUT2D eigenvalue weighted by Gasteiger charge is -2.12. The Morgan fingerprint density at radius 2 is 1.71 bits per heavy atom. The predicted octanol–water partition coefficient (Wildman–Crippen LogP) is 3.15. The molecule has 0 saturated heterocycles. The number of para-hydroxylation sites is 2. The SMILES string of the molecule is CCCOC(=O)c1ccc(NC(=S)NC(=O)COc2ccccc2OC)cc1. The molecule has 0 aliphatic carbocycles. The molecule has 0 fully saturated rings. The van der Waals surface area contributed by atoms with E-state index in [2.05, 4.69) is 10.6 Å². The van der Waals surface area contributed by atoms with Crippen LogP contribution in [0.25, 0.3) is 0 Å². The Bertz CT molecular complexity index is 824. The molecule has 2 aromatic rings. The number of nitrogens with one attached hydrogen (secondary N) is 2. The molecule has 0 aliphatic heterocycles. The second-order valence-corrected chi connectivity index (χ2v) is 6.06. The molecule has 1 amide bonds. The van der Waals surface area contributed by atoms with Gasteiger partial charge in [0.2, 0.25) is 0 Å². The van der Waals surface area contributed by atoms with Crippen LogP contribution in [0.3, 0.4) is 0 Å². The van der Waals surface area contributed by atoms with Crippen LogP contribution in [0.15, 0.2) is 48.5 Å². The lowest BCUT2D eigenvalue weighted by Crippen LogP contribution is -2.37. The third kappa shape index (κ3) is 6.55. The van der Waals surface area contributed by atoms with Gasteiger partial charge >= 0.3 is 5.97 Å².